The monoisotopic (exact) mass is 333 g/mol. The van der Waals surface area contributed by atoms with Crippen LogP contribution in [0, 0.1) is 6.92 Å². The molecule has 0 fully saturated rings. The number of nitrogens with two attached hydrogens (primary N) is 1. The molecule has 0 aliphatic heterocycles. The smallest absolute Gasteiger partial charge is 0.184 e. The summed E-state index contributed by atoms with van der Waals surface area (Å²) in [5.74, 6) is -0.268. The molecule has 0 aliphatic carbocycles. The predicted molar refractivity (Wildman–Crippen MR) is 79.7 cm³/mol. The third-order valence-electron chi connectivity index (χ3n) is 2.91. The second-order valence-electron chi connectivity index (χ2n) is 4.42. The van der Waals surface area contributed by atoms with Crippen LogP contribution >= 0.6 is 23.2 Å². The molecule has 0 atom stereocenters. The maximum absolute atomic E-state index is 12.5. The van der Waals surface area contributed by atoms with Crippen molar-refractivity contribution in [3.63, 3.8) is 0 Å². The molecule has 2 aromatic rings. The summed E-state index contributed by atoms with van der Waals surface area (Å²) >= 11 is 11.9. The van der Waals surface area contributed by atoms with Crippen LogP contribution < -0.4 is 5.73 Å². The largest absolute Gasteiger partial charge is 0.398 e. The molecule has 0 saturated heterocycles. The first-order valence-electron chi connectivity index (χ1n) is 5.68. The Bertz CT molecular complexity index is 769. The molecule has 1 aromatic heterocycles. The van der Waals surface area contributed by atoms with E-state index in [-0.39, 0.29) is 16.3 Å². The van der Waals surface area contributed by atoms with Crippen molar-refractivity contribution in [3.8, 4) is 0 Å². The Morgan fingerprint density at radius 3 is 2.55 bits per heavy atom. The van der Waals surface area contributed by atoms with Gasteiger partial charge in [0.2, 0.25) is 0 Å². The summed E-state index contributed by atoms with van der Waals surface area (Å²) < 4.78 is 26.3. The van der Waals surface area contributed by atoms with E-state index in [2.05, 4.69) is 5.10 Å². The van der Waals surface area contributed by atoms with Crippen LogP contribution in [-0.2, 0) is 22.6 Å². The lowest BCUT2D eigenvalue weighted by molar-refractivity contribution is 0.595. The van der Waals surface area contributed by atoms with Gasteiger partial charge in [-0.15, -0.1) is 0 Å². The number of anilines is 1. The average Bonchev–Trinajstić information content (AvgIpc) is 2.59. The van der Waals surface area contributed by atoms with Gasteiger partial charge in [0, 0.05) is 17.6 Å². The number of rotatable bonds is 3. The lowest BCUT2D eigenvalue weighted by Crippen LogP contribution is -2.08. The van der Waals surface area contributed by atoms with Crippen molar-refractivity contribution in [2.45, 2.75) is 17.6 Å². The lowest BCUT2D eigenvalue weighted by Gasteiger charge is -2.08. The van der Waals surface area contributed by atoms with Crippen LogP contribution in [0.15, 0.2) is 23.1 Å². The van der Waals surface area contributed by atoms with E-state index in [1.807, 2.05) is 0 Å². The third-order valence-corrected chi connectivity index (χ3v) is 5.32. The first-order valence-corrected chi connectivity index (χ1v) is 8.09. The number of nitrogen functional groups attached to an aromatic ring is 1. The summed E-state index contributed by atoms with van der Waals surface area (Å²) in [5.41, 5.74) is 6.92. The Kier molecular flexibility index (Phi) is 4.00. The van der Waals surface area contributed by atoms with Crippen molar-refractivity contribution in [2.75, 3.05) is 5.73 Å². The summed E-state index contributed by atoms with van der Waals surface area (Å²) in [7, 11) is -1.99. The number of halogens is 2. The van der Waals surface area contributed by atoms with E-state index in [1.54, 1.807) is 14.0 Å². The number of aromatic nitrogens is 2. The minimum atomic E-state index is -3.65. The van der Waals surface area contributed by atoms with E-state index in [1.165, 1.54) is 22.9 Å². The molecule has 1 aromatic carbocycles. The van der Waals surface area contributed by atoms with Crippen LogP contribution in [-0.4, -0.2) is 18.2 Å². The fraction of sp³-hybridized carbons (Fsp3) is 0.250. The van der Waals surface area contributed by atoms with Crippen molar-refractivity contribution in [1.82, 2.24) is 9.78 Å². The second-order valence-corrected chi connectivity index (χ2v) is 7.17. The zero-order chi connectivity index (χ0) is 15.1. The predicted octanol–water partition coefficient (Wildman–Crippen LogP) is 2.59. The van der Waals surface area contributed by atoms with Gasteiger partial charge in [0.05, 0.1) is 22.0 Å². The van der Waals surface area contributed by atoms with E-state index >= 15 is 0 Å². The molecule has 2 N–H and O–H groups in total. The quantitative estimate of drug-likeness (QED) is 0.875. The molecular weight excluding hydrogens is 321 g/mol. The standard InChI is InChI=1S/C12H13Cl2N3O2S/c1-7-9(12(14)17(2)16-7)6-20(18,19)11-5-8(13)3-4-10(11)15/h3-5H,6,15H2,1-2H3. The van der Waals surface area contributed by atoms with Gasteiger partial charge in [0.15, 0.2) is 9.84 Å². The summed E-state index contributed by atoms with van der Waals surface area (Å²) in [6, 6.07) is 4.34. The van der Waals surface area contributed by atoms with E-state index in [9.17, 15) is 8.42 Å². The molecule has 5 nitrogen and oxygen atoms in total. The van der Waals surface area contributed by atoms with Gasteiger partial charge in [-0.1, -0.05) is 23.2 Å². The van der Waals surface area contributed by atoms with Crippen LogP contribution in [0.2, 0.25) is 10.2 Å². The summed E-state index contributed by atoms with van der Waals surface area (Å²) in [6.07, 6.45) is 0. The highest BCUT2D eigenvalue weighted by atomic mass is 35.5. The van der Waals surface area contributed by atoms with E-state index in [0.717, 1.165) is 0 Å². The zero-order valence-corrected chi connectivity index (χ0v) is 13.2. The Morgan fingerprint density at radius 2 is 2.00 bits per heavy atom. The molecule has 0 saturated carbocycles. The summed E-state index contributed by atoms with van der Waals surface area (Å²) in [4.78, 5) is 0.00400. The molecule has 0 aliphatic rings. The van der Waals surface area contributed by atoms with Gasteiger partial charge in [0.25, 0.3) is 0 Å². The second kappa shape index (κ2) is 5.27. The minimum absolute atomic E-state index is 0.00400. The highest BCUT2D eigenvalue weighted by molar-refractivity contribution is 7.90. The van der Waals surface area contributed by atoms with Crippen LogP contribution in [0.1, 0.15) is 11.3 Å². The fourth-order valence-corrected chi connectivity index (χ4v) is 4.06. The first kappa shape index (κ1) is 15.2. The van der Waals surface area contributed by atoms with Gasteiger partial charge >= 0.3 is 0 Å². The average molecular weight is 334 g/mol. The molecule has 0 bridgehead atoms. The number of hydrogen-bond acceptors (Lipinski definition) is 4. The Morgan fingerprint density at radius 1 is 1.35 bits per heavy atom. The highest BCUT2D eigenvalue weighted by Crippen LogP contribution is 2.29. The summed E-state index contributed by atoms with van der Waals surface area (Å²) in [5, 5.41) is 4.70. The van der Waals surface area contributed by atoms with Crippen molar-refractivity contribution >= 4 is 38.7 Å². The maximum atomic E-state index is 12.5. The first-order chi connectivity index (χ1) is 9.22. The van der Waals surface area contributed by atoms with Gasteiger partial charge in [-0.25, -0.2) is 8.42 Å². The maximum Gasteiger partial charge on any atom is 0.184 e. The molecule has 8 heteroatoms. The number of sulfone groups is 1. The molecule has 0 radical (unpaired) electrons. The van der Waals surface area contributed by atoms with Gasteiger partial charge < -0.3 is 5.73 Å². The number of hydrogen-bond donors (Lipinski definition) is 1. The van der Waals surface area contributed by atoms with Crippen molar-refractivity contribution in [3.05, 3.63) is 39.6 Å². The van der Waals surface area contributed by atoms with Crippen molar-refractivity contribution in [2.24, 2.45) is 7.05 Å². The molecule has 108 valence electrons. The van der Waals surface area contributed by atoms with Crippen LogP contribution in [0.4, 0.5) is 5.69 Å². The van der Waals surface area contributed by atoms with Crippen molar-refractivity contribution < 1.29 is 8.42 Å². The number of aryl methyl sites for hydroxylation is 2. The molecule has 1 heterocycles. The Balaban J connectivity index is 2.49. The lowest BCUT2D eigenvalue weighted by atomic mass is 10.3. The van der Waals surface area contributed by atoms with Crippen molar-refractivity contribution in [1.29, 1.82) is 0 Å². The fourth-order valence-electron chi connectivity index (χ4n) is 1.88. The molecule has 0 spiro atoms. The van der Waals surface area contributed by atoms with Gasteiger partial charge in [-0.2, -0.15) is 5.10 Å². The third kappa shape index (κ3) is 2.77. The van der Waals surface area contributed by atoms with E-state index < -0.39 is 9.84 Å². The zero-order valence-electron chi connectivity index (χ0n) is 10.9. The molecule has 20 heavy (non-hydrogen) atoms. The van der Waals surface area contributed by atoms with Gasteiger partial charge in [-0.05, 0) is 25.1 Å². The van der Waals surface area contributed by atoms with Crippen LogP contribution in [0.25, 0.3) is 0 Å². The number of nitrogens with zero attached hydrogens (tertiary/aromatic N) is 2. The summed E-state index contributed by atoms with van der Waals surface area (Å²) in [6.45, 7) is 1.71. The van der Waals surface area contributed by atoms with Gasteiger partial charge in [-0.3, -0.25) is 4.68 Å². The topological polar surface area (TPSA) is 78.0 Å². The minimum Gasteiger partial charge on any atom is -0.398 e. The van der Waals surface area contributed by atoms with Crippen LogP contribution in [0.5, 0.6) is 0 Å². The van der Waals surface area contributed by atoms with Crippen LogP contribution in [0.3, 0.4) is 0 Å². The Labute approximate surface area is 127 Å². The van der Waals surface area contributed by atoms with E-state index in [0.29, 0.717) is 21.4 Å². The normalized spacial score (nSPS) is 11.8. The Hall–Kier alpha value is -1.24. The van der Waals surface area contributed by atoms with E-state index in [4.69, 9.17) is 28.9 Å². The molecular formula is C12H13Cl2N3O2S. The SMILES string of the molecule is Cc1nn(C)c(Cl)c1CS(=O)(=O)c1cc(Cl)ccc1N. The highest BCUT2D eigenvalue weighted by Gasteiger charge is 2.23. The molecule has 2 rings (SSSR count). The molecule has 0 unspecified atom stereocenters. The molecule has 0 amide bonds. The van der Waals surface area contributed by atoms with Gasteiger partial charge in [0.1, 0.15) is 5.15 Å². The number of benzene rings is 1.